The maximum Gasteiger partial charge on any atom is 0.144 e. The van der Waals surface area contributed by atoms with Crippen molar-refractivity contribution >= 4 is 35.9 Å². The molecule has 6 heteroatoms. The fraction of sp³-hybridized carbons (Fsp3) is 0.364. The fourth-order valence-electron chi connectivity index (χ4n) is 4.62. The molecule has 0 spiro atoms. The fourth-order valence-corrected chi connectivity index (χ4v) is 5.43. The first-order valence-corrected chi connectivity index (χ1v) is 14.6. The van der Waals surface area contributed by atoms with Gasteiger partial charge in [-0.25, -0.2) is 4.99 Å². The number of rotatable bonds is 10. The number of aliphatic imine (C=N–C) groups is 1. The molecule has 0 amide bonds. The molecule has 1 aromatic rings. The van der Waals surface area contributed by atoms with Crippen molar-refractivity contribution in [1.29, 1.82) is 0 Å². The molecular weight excluding hydrogens is 498 g/mol. The van der Waals surface area contributed by atoms with E-state index < -0.39 is 0 Å². The quantitative estimate of drug-likeness (QED) is 0.139. The predicted molar refractivity (Wildman–Crippen MR) is 174 cm³/mol. The van der Waals surface area contributed by atoms with Crippen LogP contribution in [0.2, 0.25) is 0 Å². The Hall–Kier alpha value is -3.38. The molecule has 208 valence electrons. The van der Waals surface area contributed by atoms with Crippen LogP contribution in [0.25, 0.3) is 0 Å². The molecule has 0 unspecified atom stereocenters. The number of aryl methyl sites for hydroxylation is 1. The van der Waals surface area contributed by atoms with E-state index in [1.165, 1.54) is 50.0 Å². The van der Waals surface area contributed by atoms with Gasteiger partial charge in [0, 0.05) is 31.1 Å². The number of benzene rings is 1. The first kappa shape index (κ1) is 31.8. The van der Waals surface area contributed by atoms with Crippen molar-refractivity contribution in [2.24, 2.45) is 21.1 Å². The first-order chi connectivity index (χ1) is 18.9. The summed E-state index contributed by atoms with van der Waals surface area (Å²) >= 11 is 1.57. The van der Waals surface area contributed by atoms with Crippen LogP contribution in [0.4, 0.5) is 5.69 Å². The minimum atomic E-state index is 0.779. The van der Waals surface area contributed by atoms with Gasteiger partial charge in [0.2, 0.25) is 0 Å². The summed E-state index contributed by atoms with van der Waals surface area (Å²) in [5, 5.41) is 7.58. The third-order valence-corrected chi connectivity index (χ3v) is 7.76. The van der Waals surface area contributed by atoms with Crippen LogP contribution in [0.15, 0.2) is 111 Å². The molecule has 39 heavy (non-hydrogen) atoms. The highest BCUT2D eigenvalue weighted by Crippen LogP contribution is 2.35. The van der Waals surface area contributed by atoms with Crippen LogP contribution in [0.1, 0.15) is 58.9 Å². The number of likely N-dealkylation sites (tertiary alicyclic amines) is 1. The number of allylic oxidation sites excluding steroid dienone is 7. The molecule has 1 aromatic carbocycles. The summed E-state index contributed by atoms with van der Waals surface area (Å²) in [5.74, 6) is 1.73. The molecule has 1 fully saturated rings. The van der Waals surface area contributed by atoms with Gasteiger partial charge in [-0.3, -0.25) is 0 Å². The van der Waals surface area contributed by atoms with Crippen molar-refractivity contribution in [3.8, 4) is 0 Å². The highest BCUT2D eigenvalue weighted by molar-refractivity contribution is 7.98. The Morgan fingerprint density at radius 2 is 1.97 bits per heavy atom. The summed E-state index contributed by atoms with van der Waals surface area (Å²) in [7, 11) is 0. The van der Waals surface area contributed by atoms with E-state index in [4.69, 9.17) is 4.99 Å². The van der Waals surface area contributed by atoms with Gasteiger partial charge < -0.3 is 9.62 Å². The Balaban J connectivity index is 0.000000293. The maximum absolute atomic E-state index is 4.71. The van der Waals surface area contributed by atoms with Crippen LogP contribution in [-0.2, 0) is 0 Å². The number of piperidine rings is 1. The summed E-state index contributed by atoms with van der Waals surface area (Å²) in [6.45, 7) is 23.8. The van der Waals surface area contributed by atoms with Crippen LogP contribution in [-0.4, -0.2) is 36.3 Å². The van der Waals surface area contributed by atoms with Crippen LogP contribution in [0, 0.1) is 12.8 Å². The average molecular weight is 544 g/mol. The Morgan fingerprint density at radius 3 is 2.56 bits per heavy atom. The van der Waals surface area contributed by atoms with E-state index in [2.05, 4.69) is 84.8 Å². The lowest BCUT2D eigenvalue weighted by atomic mass is 9.92. The number of nitrogens with zero attached hydrogens (tertiary/aromatic N) is 4. The van der Waals surface area contributed by atoms with Crippen LogP contribution < -0.4 is 4.72 Å². The van der Waals surface area contributed by atoms with Gasteiger partial charge in [-0.15, -0.1) is 0 Å². The lowest BCUT2D eigenvalue weighted by Gasteiger charge is -2.34. The first-order valence-electron chi connectivity index (χ1n) is 13.7. The number of fused-ring (bicyclic) bond motifs is 1. The lowest BCUT2D eigenvalue weighted by molar-refractivity contribution is 0.223. The number of amidine groups is 1. The molecule has 5 nitrogen and oxygen atoms in total. The summed E-state index contributed by atoms with van der Waals surface area (Å²) < 4.78 is 3.29. The Kier molecular flexibility index (Phi) is 14.1. The molecule has 0 aromatic heterocycles. The van der Waals surface area contributed by atoms with Gasteiger partial charge in [0.15, 0.2) is 0 Å². The highest BCUT2D eigenvalue weighted by Gasteiger charge is 2.19. The normalized spacial score (nSPS) is 17.1. The standard InChI is InChI=1S/C18H20N4S.C15H25N/c1-6-14(13(4)21-19-5)11-15(7-2)18-20-16-10-8-9-12(3)17(16)23-22-18;1-4-7-14-10-12-16(13-11-14)15(8-5-2)9-6-3/h6-11H,2,5H2,1,3-4H3,(H,20,22);5-6,8-9,14H,2,4,7,10-13H2,1,3H3/b14-6+,15-11+,21-13+;9-6-,15-8+. The number of hydrogen-bond donors (Lipinski definition) is 1. The molecular formula is C33H45N5S. The second kappa shape index (κ2) is 17.3. The van der Waals surface area contributed by atoms with Crippen LogP contribution in [0.5, 0.6) is 0 Å². The van der Waals surface area contributed by atoms with Gasteiger partial charge in [0.25, 0.3) is 0 Å². The lowest BCUT2D eigenvalue weighted by Crippen LogP contribution is -2.32. The molecule has 0 saturated carbocycles. The summed E-state index contributed by atoms with van der Waals surface area (Å²) in [4.78, 5) is 8.34. The molecule has 3 rings (SSSR count). The summed E-state index contributed by atoms with van der Waals surface area (Å²) in [6, 6.07) is 6.11. The second-order valence-corrected chi connectivity index (χ2v) is 10.3. The van der Waals surface area contributed by atoms with E-state index in [-0.39, 0.29) is 0 Å². The molecule has 2 aliphatic heterocycles. The van der Waals surface area contributed by atoms with Crippen LogP contribution in [0.3, 0.4) is 0 Å². The SMILES string of the molecule is C=C/C=C(\C=C/C)N1CCC(CCC)CC1.C=C\C(=C/C(=C\C)C(/C)=N/N=C)C1=Nc2cccc(C)c2SN1. The van der Waals surface area contributed by atoms with Crippen LogP contribution >= 0.6 is 11.9 Å². The molecule has 0 aliphatic carbocycles. The van der Waals surface area contributed by atoms with Crippen molar-refractivity contribution in [2.75, 3.05) is 13.1 Å². The van der Waals surface area contributed by atoms with Crippen molar-refractivity contribution < 1.29 is 0 Å². The van der Waals surface area contributed by atoms with E-state index in [1.807, 2.05) is 44.2 Å². The Labute approximate surface area is 240 Å². The largest absolute Gasteiger partial charge is 0.372 e. The van der Waals surface area contributed by atoms with E-state index >= 15 is 0 Å². The Bertz CT molecular complexity index is 1170. The van der Waals surface area contributed by atoms with E-state index in [0.717, 1.165) is 39.2 Å². The topological polar surface area (TPSA) is 52.4 Å². The molecule has 0 bridgehead atoms. The zero-order chi connectivity index (χ0) is 28.6. The van der Waals surface area contributed by atoms with Gasteiger partial charge in [0.1, 0.15) is 5.84 Å². The average Bonchev–Trinajstić information content (AvgIpc) is 2.95. The minimum Gasteiger partial charge on any atom is -0.372 e. The van der Waals surface area contributed by atoms with Gasteiger partial charge in [-0.1, -0.05) is 69.4 Å². The van der Waals surface area contributed by atoms with Crippen molar-refractivity contribution in [3.63, 3.8) is 0 Å². The predicted octanol–water partition coefficient (Wildman–Crippen LogP) is 8.92. The smallest absolute Gasteiger partial charge is 0.144 e. The highest BCUT2D eigenvalue weighted by atomic mass is 32.2. The third-order valence-electron chi connectivity index (χ3n) is 6.73. The molecule has 1 N–H and O–H groups in total. The van der Waals surface area contributed by atoms with Gasteiger partial charge >= 0.3 is 0 Å². The molecule has 2 aliphatic rings. The van der Waals surface area contributed by atoms with Gasteiger partial charge in [0.05, 0.1) is 16.3 Å². The molecule has 1 saturated heterocycles. The third kappa shape index (κ3) is 9.70. The van der Waals surface area contributed by atoms with Crippen molar-refractivity contribution in [1.82, 2.24) is 9.62 Å². The molecule has 2 heterocycles. The van der Waals surface area contributed by atoms with E-state index in [1.54, 1.807) is 18.0 Å². The van der Waals surface area contributed by atoms with Crippen molar-refractivity contribution in [2.45, 2.75) is 65.2 Å². The van der Waals surface area contributed by atoms with E-state index in [0.29, 0.717) is 0 Å². The zero-order valence-corrected chi connectivity index (χ0v) is 25.2. The van der Waals surface area contributed by atoms with Gasteiger partial charge in [-0.2, -0.15) is 10.2 Å². The Morgan fingerprint density at radius 1 is 1.23 bits per heavy atom. The summed E-state index contributed by atoms with van der Waals surface area (Å²) in [6.07, 6.45) is 19.5. The number of hydrogen-bond acceptors (Lipinski definition) is 6. The molecule has 0 radical (unpaired) electrons. The molecule has 0 atom stereocenters. The van der Waals surface area contributed by atoms with Gasteiger partial charge in [-0.05, 0) is 93.8 Å². The zero-order valence-electron chi connectivity index (χ0n) is 24.4. The second-order valence-electron chi connectivity index (χ2n) is 9.51. The minimum absolute atomic E-state index is 0.779. The van der Waals surface area contributed by atoms with Crippen molar-refractivity contribution in [3.05, 3.63) is 96.3 Å². The monoisotopic (exact) mass is 543 g/mol. The number of nitrogens with one attached hydrogen (secondary N) is 1. The maximum atomic E-state index is 4.71. The summed E-state index contributed by atoms with van der Waals surface area (Å²) in [5.41, 5.74) is 6.14. The van der Waals surface area contributed by atoms with E-state index in [9.17, 15) is 0 Å².